The molecule has 30 heavy (non-hydrogen) atoms. The summed E-state index contributed by atoms with van der Waals surface area (Å²) in [7, 11) is 1.73. The van der Waals surface area contributed by atoms with Gasteiger partial charge in [0.15, 0.2) is 5.82 Å². The molecular weight excluding hydrogens is 380 g/mol. The fraction of sp³-hybridized carbons (Fsp3) is 0.261. The Bertz CT molecular complexity index is 1000. The summed E-state index contributed by atoms with van der Waals surface area (Å²) in [6, 6.07) is 19.0. The van der Waals surface area contributed by atoms with Crippen LogP contribution in [0.2, 0.25) is 0 Å². The van der Waals surface area contributed by atoms with E-state index in [1.165, 1.54) is 5.56 Å². The molecule has 0 spiro atoms. The van der Waals surface area contributed by atoms with Crippen molar-refractivity contribution < 1.29 is 14.1 Å². The Labute approximate surface area is 176 Å². The number of aromatic nitrogens is 1. The zero-order valence-corrected chi connectivity index (χ0v) is 17.4. The van der Waals surface area contributed by atoms with E-state index in [0.29, 0.717) is 11.6 Å². The maximum atomic E-state index is 12.8. The summed E-state index contributed by atoms with van der Waals surface area (Å²) in [5, 5.41) is 9.39. The number of likely N-dealkylation sites (N-methyl/N-ethyl adjacent to an activating group) is 1. The molecule has 0 aliphatic carbocycles. The summed E-state index contributed by atoms with van der Waals surface area (Å²) in [5.74, 6) is 0.524. The van der Waals surface area contributed by atoms with E-state index in [1.54, 1.807) is 31.9 Å². The van der Waals surface area contributed by atoms with Gasteiger partial charge >= 0.3 is 0 Å². The predicted octanol–water partition coefficient (Wildman–Crippen LogP) is 3.47. The summed E-state index contributed by atoms with van der Waals surface area (Å²) in [6.45, 7) is 3.56. The predicted molar refractivity (Wildman–Crippen MR) is 116 cm³/mol. The third-order valence-corrected chi connectivity index (χ3v) is 4.84. The molecule has 0 bridgehead atoms. The van der Waals surface area contributed by atoms with Gasteiger partial charge in [0.2, 0.25) is 11.8 Å². The number of carbonyl (C=O) groups is 2. The van der Waals surface area contributed by atoms with Gasteiger partial charge in [-0.1, -0.05) is 53.7 Å². The Hall–Kier alpha value is -3.45. The largest absolute Gasteiger partial charge is 0.360 e. The lowest BCUT2D eigenvalue weighted by Crippen LogP contribution is -2.43. The normalized spacial score (nSPS) is 11.9. The van der Waals surface area contributed by atoms with Gasteiger partial charge in [-0.05, 0) is 44.5 Å². The molecule has 1 aromatic heterocycles. The summed E-state index contributed by atoms with van der Waals surface area (Å²) in [5.41, 5.74) is 2.98. The second-order valence-electron chi connectivity index (χ2n) is 7.27. The number of anilines is 2. The molecular formula is C23H26N4O3. The summed E-state index contributed by atoms with van der Waals surface area (Å²) in [4.78, 5) is 26.7. The third-order valence-electron chi connectivity index (χ3n) is 4.84. The van der Waals surface area contributed by atoms with Crippen molar-refractivity contribution in [2.75, 3.05) is 24.2 Å². The SMILES string of the molecule is Cc1cc(NC(=O)CN(C)C(C)C(=O)Nc2ccccc2Cc2ccccc2)no1. The first kappa shape index (κ1) is 21.3. The lowest BCUT2D eigenvalue weighted by atomic mass is 10.0. The van der Waals surface area contributed by atoms with Crippen LogP contribution in [0.3, 0.4) is 0 Å². The van der Waals surface area contributed by atoms with E-state index in [9.17, 15) is 9.59 Å². The first-order valence-electron chi connectivity index (χ1n) is 9.78. The van der Waals surface area contributed by atoms with Gasteiger partial charge in [-0.3, -0.25) is 14.5 Å². The highest BCUT2D eigenvalue weighted by atomic mass is 16.5. The lowest BCUT2D eigenvalue weighted by Gasteiger charge is -2.23. The van der Waals surface area contributed by atoms with Crippen LogP contribution >= 0.6 is 0 Å². The van der Waals surface area contributed by atoms with Crippen LogP contribution in [0.25, 0.3) is 0 Å². The minimum Gasteiger partial charge on any atom is -0.360 e. The van der Waals surface area contributed by atoms with E-state index in [4.69, 9.17) is 4.52 Å². The number of para-hydroxylation sites is 1. The zero-order chi connectivity index (χ0) is 21.5. The molecule has 3 rings (SSSR count). The fourth-order valence-electron chi connectivity index (χ4n) is 3.02. The maximum Gasteiger partial charge on any atom is 0.241 e. The average Bonchev–Trinajstić information content (AvgIpc) is 3.13. The highest BCUT2D eigenvalue weighted by Gasteiger charge is 2.21. The number of benzene rings is 2. The number of hydrogen-bond acceptors (Lipinski definition) is 5. The second kappa shape index (κ2) is 9.84. The Morgan fingerprint density at radius 1 is 1.07 bits per heavy atom. The highest BCUT2D eigenvalue weighted by molar-refractivity contribution is 5.96. The molecule has 1 unspecified atom stereocenters. The van der Waals surface area contributed by atoms with Crippen molar-refractivity contribution in [2.45, 2.75) is 26.3 Å². The molecule has 0 saturated carbocycles. The number of hydrogen-bond donors (Lipinski definition) is 2. The van der Waals surface area contributed by atoms with Crippen LogP contribution in [0.5, 0.6) is 0 Å². The Morgan fingerprint density at radius 2 is 1.77 bits per heavy atom. The molecule has 7 nitrogen and oxygen atoms in total. The molecule has 2 aromatic carbocycles. The molecule has 1 atom stereocenters. The van der Waals surface area contributed by atoms with Gasteiger partial charge < -0.3 is 15.2 Å². The van der Waals surface area contributed by atoms with Crippen molar-refractivity contribution in [3.8, 4) is 0 Å². The molecule has 2 N–H and O–H groups in total. The van der Waals surface area contributed by atoms with Crippen LogP contribution in [0.1, 0.15) is 23.8 Å². The molecule has 7 heteroatoms. The minimum absolute atomic E-state index is 0.0478. The lowest BCUT2D eigenvalue weighted by molar-refractivity contribution is -0.122. The van der Waals surface area contributed by atoms with Crippen molar-refractivity contribution in [1.82, 2.24) is 10.1 Å². The van der Waals surface area contributed by atoms with Crippen LogP contribution in [-0.4, -0.2) is 41.5 Å². The van der Waals surface area contributed by atoms with Crippen molar-refractivity contribution >= 4 is 23.3 Å². The number of aryl methyl sites for hydroxylation is 1. The van der Waals surface area contributed by atoms with E-state index >= 15 is 0 Å². The monoisotopic (exact) mass is 406 g/mol. The maximum absolute atomic E-state index is 12.8. The van der Waals surface area contributed by atoms with Gasteiger partial charge in [-0.25, -0.2) is 0 Å². The van der Waals surface area contributed by atoms with Gasteiger partial charge in [-0.2, -0.15) is 0 Å². The van der Waals surface area contributed by atoms with Crippen LogP contribution in [0.15, 0.2) is 65.2 Å². The third kappa shape index (κ3) is 5.78. The van der Waals surface area contributed by atoms with Crippen molar-refractivity contribution in [2.24, 2.45) is 0 Å². The van der Waals surface area contributed by atoms with E-state index < -0.39 is 6.04 Å². The van der Waals surface area contributed by atoms with Crippen LogP contribution < -0.4 is 10.6 Å². The second-order valence-corrected chi connectivity index (χ2v) is 7.27. The smallest absolute Gasteiger partial charge is 0.241 e. The molecule has 1 heterocycles. The van der Waals surface area contributed by atoms with Crippen molar-refractivity contribution in [3.05, 3.63) is 77.6 Å². The summed E-state index contributed by atoms with van der Waals surface area (Å²) in [6.07, 6.45) is 0.723. The number of amides is 2. The van der Waals surface area contributed by atoms with Crippen molar-refractivity contribution in [1.29, 1.82) is 0 Å². The summed E-state index contributed by atoms with van der Waals surface area (Å²) < 4.78 is 4.93. The summed E-state index contributed by atoms with van der Waals surface area (Å²) >= 11 is 0. The minimum atomic E-state index is -0.500. The van der Waals surface area contributed by atoms with Gasteiger partial charge in [0.05, 0.1) is 12.6 Å². The van der Waals surface area contributed by atoms with Crippen LogP contribution in [-0.2, 0) is 16.0 Å². The standard InChI is InChI=1S/C23H26N4O3/c1-16-13-21(26-30-16)25-22(28)15-27(3)17(2)23(29)24-20-12-8-7-11-19(20)14-18-9-5-4-6-10-18/h4-13,17H,14-15H2,1-3H3,(H,24,29)(H,25,26,28). The first-order chi connectivity index (χ1) is 14.4. The fourth-order valence-corrected chi connectivity index (χ4v) is 3.02. The van der Waals surface area contributed by atoms with Crippen LogP contribution in [0.4, 0.5) is 11.5 Å². The highest BCUT2D eigenvalue weighted by Crippen LogP contribution is 2.19. The molecule has 0 aliphatic rings. The first-order valence-corrected chi connectivity index (χ1v) is 9.78. The van der Waals surface area contributed by atoms with E-state index in [0.717, 1.165) is 17.7 Å². The molecule has 0 aliphatic heterocycles. The van der Waals surface area contributed by atoms with Gasteiger partial charge in [0.1, 0.15) is 5.76 Å². The topological polar surface area (TPSA) is 87.5 Å². The van der Waals surface area contributed by atoms with Crippen molar-refractivity contribution in [3.63, 3.8) is 0 Å². The van der Waals surface area contributed by atoms with Gasteiger partial charge in [0.25, 0.3) is 0 Å². The quantitative estimate of drug-likeness (QED) is 0.598. The average molecular weight is 406 g/mol. The number of nitrogens with one attached hydrogen (secondary N) is 2. The Kier molecular flexibility index (Phi) is 6.98. The number of nitrogens with zero attached hydrogens (tertiary/aromatic N) is 2. The molecule has 0 radical (unpaired) electrons. The van der Waals surface area contributed by atoms with Gasteiger partial charge in [-0.15, -0.1) is 0 Å². The van der Waals surface area contributed by atoms with Crippen LogP contribution in [0, 0.1) is 6.92 Å². The van der Waals surface area contributed by atoms with E-state index in [1.807, 2.05) is 42.5 Å². The molecule has 0 saturated heterocycles. The van der Waals surface area contributed by atoms with Gasteiger partial charge in [0, 0.05) is 11.8 Å². The number of rotatable bonds is 8. The number of carbonyl (C=O) groups excluding carboxylic acids is 2. The molecule has 0 fully saturated rings. The molecule has 156 valence electrons. The van der Waals surface area contributed by atoms with E-state index in [-0.39, 0.29) is 18.4 Å². The Balaban J connectivity index is 1.59. The zero-order valence-electron chi connectivity index (χ0n) is 17.4. The molecule has 2 amide bonds. The molecule has 3 aromatic rings. The van der Waals surface area contributed by atoms with E-state index in [2.05, 4.69) is 27.9 Å². The Morgan fingerprint density at radius 3 is 2.47 bits per heavy atom.